The molecule has 1 saturated heterocycles. The van der Waals surface area contributed by atoms with Crippen LogP contribution in [0.5, 0.6) is 0 Å². The van der Waals surface area contributed by atoms with Gasteiger partial charge in [0.15, 0.2) is 5.57 Å². The number of benzene rings is 1. The topological polar surface area (TPSA) is 143 Å². The van der Waals surface area contributed by atoms with Crippen molar-refractivity contribution in [2.24, 2.45) is 0 Å². The lowest BCUT2D eigenvalue weighted by molar-refractivity contribution is -0.222. The zero-order chi connectivity index (χ0) is 20.0. The zero-order valence-corrected chi connectivity index (χ0v) is 14.7. The van der Waals surface area contributed by atoms with Crippen LogP contribution in [0, 0.1) is 0 Å². The maximum absolute atomic E-state index is 11.8. The van der Waals surface area contributed by atoms with E-state index in [2.05, 4.69) is 16.0 Å². The number of carboxylic acids is 1. The third-order valence-electron chi connectivity index (χ3n) is 3.27. The molecule has 0 unspecified atom stereocenters. The number of aliphatic carboxylic acids is 1. The van der Waals surface area contributed by atoms with Crippen molar-refractivity contribution < 1.29 is 33.8 Å². The van der Waals surface area contributed by atoms with Crippen molar-refractivity contribution in [1.82, 2.24) is 5.32 Å². The number of ether oxygens (including phenoxy) is 2. The molecule has 2 amide bonds. The van der Waals surface area contributed by atoms with Crippen LogP contribution in [0.1, 0.15) is 20.3 Å². The van der Waals surface area contributed by atoms with Crippen molar-refractivity contribution in [1.29, 1.82) is 0 Å². The maximum Gasteiger partial charge on any atom is 0.350 e. The molecule has 0 atom stereocenters. The molecule has 1 aliphatic rings. The van der Waals surface area contributed by atoms with Gasteiger partial charge in [0.25, 0.3) is 5.79 Å². The van der Waals surface area contributed by atoms with E-state index in [0.717, 1.165) is 0 Å². The van der Waals surface area contributed by atoms with Crippen LogP contribution in [0.2, 0.25) is 0 Å². The fourth-order valence-electron chi connectivity index (χ4n) is 2.04. The number of nitrogens with one attached hydrogen (secondary N) is 3. The number of hydrogen-bond donors (Lipinski definition) is 4. The molecule has 0 spiro atoms. The standard InChI is InChI=1S/C17H19N3O7/c1-17(2)26-14(23)12(15(24)27-17)9-19-10-3-5-11(6-4-10)20-16(25)18-8-7-13(21)22/h3-6,9,19H,7-8H2,1-2H3,(H,21,22)(H2,18,20,25). The van der Waals surface area contributed by atoms with Crippen molar-refractivity contribution >= 4 is 35.3 Å². The summed E-state index contributed by atoms with van der Waals surface area (Å²) in [4.78, 5) is 45.6. The second-order valence-corrected chi connectivity index (χ2v) is 5.98. The highest BCUT2D eigenvalue weighted by Gasteiger charge is 2.38. The normalized spacial score (nSPS) is 15.3. The molecular weight excluding hydrogens is 358 g/mol. The molecule has 144 valence electrons. The molecule has 1 fully saturated rings. The van der Waals surface area contributed by atoms with Gasteiger partial charge in [0.1, 0.15) is 0 Å². The summed E-state index contributed by atoms with van der Waals surface area (Å²) in [6.07, 6.45) is 1.01. The summed E-state index contributed by atoms with van der Waals surface area (Å²) in [5, 5.41) is 16.2. The minimum absolute atomic E-state index is 0.0113. The molecule has 10 heteroatoms. The summed E-state index contributed by atoms with van der Waals surface area (Å²) < 4.78 is 9.95. The first-order chi connectivity index (χ1) is 12.7. The Morgan fingerprint density at radius 2 is 1.63 bits per heavy atom. The summed E-state index contributed by atoms with van der Waals surface area (Å²) in [6, 6.07) is 5.84. The van der Waals surface area contributed by atoms with Crippen molar-refractivity contribution in [3.05, 3.63) is 36.0 Å². The fourth-order valence-corrected chi connectivity index (χ4v) is 2.04. The van der Waals surface area contributed by atoms with E-state index in [9.17, 15) is 19.2 Å². The van der Waals surface area contributed by atoms with Crippen LogP contribution in [0.15, 0.2) is 36.0 Å². The first-order valence-electron chi connectivity index (χ1n) is 7.96. The van der Waals surface area contributed by atoms with Crippen LogP contribution in [0.4, 0.5) is 16.2 Å². The third-order valence-corrected chi connectivity index (χ3v) is 3.27. The van der Waals surface area contributed by atoms with Crippen molar-refractivity contribution in [3.8, 4) is 0 Å². The number of carbonyl (C=O) groups excluding carboxylic acids is 3. The Bertz CT molecular complexity index is 762. The van der Waals surface area contributed by atoms with Crippen molar-refractivity contribution in [2.75, 3.05) is 17.2 Å². The lowest BCUT2D eigenvalue weighted by Crippen LogP contribution is -2.42. The van der Waals surface area contributed by atoms with Gasteiger partial charge >= 0.3 is 23.9 Å². The first kappa shape index (κ1) is 19.8. The van der Waals surface area contributed by atoms with Crippen LogP contribution in [0.25, 0.3) is 0 Å². The van der Waals surface area contributed by atoms with Gasteiger partial charge in [0.2, 0.25) is 0 Å². The summed E-state index contributed by atoms with van der Waals surface area (Å²) in [6.45, 7) is 2.92. The Kier molecular flexibility index (Phi) is 6.01. The predicted octanol–water partition coefficient (Wildman–Crippen LogP) is 1.41. The van der Waals surface area contributed by atoms with Gasteiger partial charge in [-0.1, -0.05) is 0 Å². The van der Waals surface area contributed by atoms with E-state index in [4.69, 9.17) is 14.6 Å². The Morgan fingerprint density at radius 1 is 1.07 bits per heavy atom. The molecule has 10 nitrogen and oxygen atoms in total. The number of carboxylic acid groups (broad SMARTS) is 1. The number of amides is 2. The Morgan fingerprint density at radius 3 is 2.19 bits per heavy atom. The number of hydrogen-bond acceptors (Lipinski definition) is 7. The number of anilines is 2. The van der Waals surface area contributed by atoms with Crippen LogP contribution in [0.3, 0.4) is 0 Å². The molecule has 4 N–H and O–H groups in total. The van der Waals surface area contributed by atoms with E-state index in [-0.39, 0.29) is 18.5 Å². The van der Waals surface area contributed by atoms with Gasteiger partial charge in [-0.2, -0.15) is 0 Å². The highest BCUT2D eigenvalue weighted by atomic mass is 16.7. The minimum Gasteiger partial charge on any atom is -0.481 e. The molecule has 0 aromatic heterocycles. The monoisotopic (exact) mass is 377 g/mol. The van der Waals surface area contributed by atoms with Crippen LogP contribution in [-0.4, -0.2) is 41.4 Å². The molecule has 1 aromatic rings. The Balaban J connectivity index is 1.90. The van der Waals surface area contributed by atoms with Gasteiger partial charge in [0.05, 0.1) is 6.42 Å². The van der Waals surface area contributed by atoms with Crippen LogP contribution >= 0.6 is 0 Å². The third kappa shape index (κ3) is 6.03. The molecule has 0 bridgehead atoms. The fraction of sp³-hybridized carbons (Fsp3) is 0.294. The second kappa shape index (κ2) is 8.21. The maximum atomic E-state index is 11.8. The van der Waals surface area contributed by atoms with Gasteiger partial charge in [-0.25, -0.2) is 14.4 Å². The van der Waals surface area contributed by atoms with Crippen molar-refractivity contribution in [2.45, 2.75) is 26.1 Å². The summed E-state index contributed by atoms with van der Waals surface area (Å²) in [5.41, 5.74) is 0.748. The number of cyclic esters (lactones) is 2. The molecule has 1 heterocycles. The summed E-state index contributed by atoms with van der Waals surface area (Å²) >= 11 is 0. The minimum atomic E-state index is -1.30. The average Bonchev–Trinajstić information content (AvgIpc) is 2.54. The highest BCUT2D eigenvalue weighted by molar-refractivity contribution is 6.15. The highest BCUT2D eigenvalue weighted by Crippen LogP contribution is 2.23. The van der Waals surface area contributed by atoms with Gasteiger partial charge in [-0.05, 0) is 24.3 Å². The van der Waals surface area contributed by atoms with Crippen molar-refractivity contribution in [3.63, 3.8) is 0 Å². The average molecular weight is 377 g/mol. The molecular formula is C17H19N3O7. The molecule has 1 aromatic carbocycles. The van der Waals surface area contributed by atoms with E-state index in [1.54, 1.807) is 24.3 Å². The summed E-state index contributed by atoms with van der Waals surface area (Å²) in [7, 11) is 0. The van der Waals surface area contributed by atoms with Gasteiger partial charge in [-0.3, -0.25) is 4.79 Å². The number of urea groups is 1. The van der Waals surface area contributed by atoms with Gasteiger partial charge in [0, 0.05) is 38.0 Å². The summed E-state index contributed by atoms with van der Waals surface area (Å²) in [5.74, 6) is -3.89. The van der Waals surface area contributed by atoms with E-state index in [1.807, 2.05) is 0 Å². The number of carbonyl (C=O) groups is 4. The largest absolute Gasteiger partial charge is 0.481 e. The molecule has 2 rings (SSSR count). The van der Waals surface area contributed by atoms with E-state index < -0.39 is 29.7 Å². The lowest BCUT2D eigenvalue weighted by atomic mass is 10.2. The number of rotatable bonds is 6. The quantitative estimate of drug-likeness (QED) is 0.331. The van der Waals surface area contributed by atoms with Gasteiger partial charge in [-0.15, -0.1) is 0 Å². The first-order valence-corrected chi connectivity index (χ1v) is 7.96. The predicted molar refractivity (Wildman–Crippen MR) is 93.7 cm³/mol. The second-order valence-electron chi connectivity index (χ2n) is 5.98. The zero-order valence-electron chi connectivity index (χ0n) is 14.7. The number of esters is 2. The SMILES string of the molecule is CC1(C)OC(=O)C(=CNc2ccc(NC(=O)NCCC(=O)O)cc2)C(=O)O1. The Labute approximate surface area is 154 Å². The molecule has 0 radical (unpaired) electrons. The van der Waals surface area contributed by atoms with Gasteiger partial charge < -0.3 is 30.5 Å². The smallest absolute Gasteiger partial charge is 0.350 e. The Hall–Kier alpha value is -3.56. The molecule has 27 heavy (non-hydrogen) atoms. The lowest BCUT2D eigenvalue weighted by Gasteiger charge is -2.29. The van der Waals surface area contributed by atoms with Crippen LogP contribution < -0.4 is 16.0 Å². The van der Waals surface area contributed by atoms with E-state index in [0.29, 0.717) is 11.4 Å². The molecule has 0 aliphatic carbocycles. The molecule has 0 saturated carbocycles. The van der Waals surface area contributed by atoms with E-state index in [1.165, 1.54) is 20.0 Å². The van der Waals surface area contributed by atoms with Crippen LogP contribution in [-0.2, 0) is 23.9 Å². The van der Waals surface area contributed by atoms with E-state index >= 15 is 0 Å². The molecule has 1 aliphatic heterocycles.